The lowest BCUT2D eigenvalue weighted by Crippen LogP contribution is -2.25. The van der Waals surface area contributed by atoms with Crippen LogP contribution in [-0.2, 0) is 5.75 Å². The number of hydrogen-bond acceptors (Lipinski definition) is 3. The Balaban J connectivity index is 1.68. The first-order valence-electron chi connectivity index (χ1n) is 7.91. The lowest BCUT2D eigenvalue weighted by Gasteiger charge is -2.10. The van der Waals surface area contributed by atoms with Crippen LogP contribution in [0.4, 0.5) is 0 Å². The van der Waals surface area contributed by atoms with Crippen molar-refractivity contribution in [3.63, 3.8) is 0 Å². The van der Waals surface area contributed by atoms with Crippen molar-refractivity contribution in [3.05, 3.63) is 64.7 Å². The van der Waals surface area contributed by atoms with Crippen molar-refractivity contribution in [2.24, 2.45) is 0 Å². The second-order valence-corrected chi connectivity index (χ2v) is 7.17. The van der Waals surface area contributed by atoms with E-state index in [1.807, 2.05) is 50.2 Å². The van der Waals surface area contributed by atoms with Gasteiger partial charge in [-0.3, -0.25) is 4.79 Å². The Labute approximate surface area is 152 Å². The summed E-state index contributed by atoms with van der Waals surface area (Å²) in [5.41, 5.74) is 1.88. The highest BCUT2D eigenvalue weighted by atomic mass is 35.5. The molecule has 2 aromatic carbocycles. The topological polar surface area (TPSA) is 38.3 Å². The summed E-state index contributed by atoms with van der Waals surface area (Å²) in [6.45, 7) is 4.59. The molecule has 0 aromatic heterocycles. The third kappa shape index (κ3) is 6.46. The maximum atomic E-state index is 12.1. The molecular weight excluding hydrogens is 342 g/mol. The first-order valence-corrected chi connectivity index (χ1v) is 9.45. The van der Waals surface area contributed by atoms with Gasteiger partial charge in [0.1, 0.15) is 5.75 Å². The smallest absolute Gasteiger partial charge is 0.251 e. The van der Waals surface area contributed by atoms with Crippen molar-refractivity contribution in [2.45, 2.75) is 25.7 Å². The Morgan fingerprint density at radius 3 is 2.42 bits per heavy atom. The van der Waals surface area contributed by atoms with E-state index in [0.717, 1.165) is 22.3 Å². The summed E-state index contributed by atoms with van der Waals surface area (Å²) >= 11 is 7.64. The largest absolute Gasteiger partial charge is 0.491 e. The summed E-state index contributed by atoms with van der Waals surface area (Å²) in [6.07, 6.45) is 0.127. The number of benzene rings is 2. The summed E-state index contributed by atoms with van der Waals surface area (Å²) in [6, 6.07) is 15.1. The molecule has 0 heterocycles. The number of carbonyl (C=O) groups is 1. The van der Waals surface area contributed by atoms with E-state index >= 15 is 0 Å². The average Bonchev–Trinajstić information content (AvgIpc) is 2.56. The summed E-state index contributed by atoms with van der Waals surface area (Å²) in [5.74, 6) is 2.50. The van der Waals surface area contributed by atoms with Crippen LogP contribution in [0.5, 0.6) is 5.75 Å². The molecule has 0 aliphatic heterocycles. The van der Waals surface area contributed by atoms with Crippen LogP contribution in [0.25, 0.3) is 0 Å². The first kappa shape index (κ1) is 18.7. The number of thioether (sulfide) groups is 1. The van der Waals surface area contributed by atoms with E-state index in [1.54, 1.807) is 23.9 Å². The zero-order valence-corrected chi connectivity index (χ0v) is 15.5. The van der Waals surface area contributed by atoms with E-state index in [2.05, 4.69) is 5.32 Å². The van der Waals surface area contributed by atoms with Crippen LogP contribution in [0.1, 0.15) is 29.8 Å². The minimum atomic E-state index is -0.0572. The number of amides is 1. The number of hydrogen-bond donors (Lipinski definition) is 1. The van der Waals surface area contributed by atoms with Crippen molar-refractivity contribution in [1.82, 2.24) is 5.32 Å². The van der Waals surface area contributed by atoms with Crippen LogP contribution in [-0.4, -0.2) is 24.3 Å². The number of ether oxygens (including phenoxy) is 1. The molecule has 5 heteroatoms. The molecule has 24 heavy (non-hydrogen) atoms. The van der Waals surface area contributed by atoms with Gasteiger partial charge in [0, 0.05) is 28.6 Å². The van der Waals surface area contributed by atoms with Gasteiger partial charge in [-0.2, -0.15) is 11.8 Å². The number of rotatable bonds is 8. The molecule has 0 aliphatic rings. The van der Waals surface area contributed by atoms with E-state index in [9.17, 15) is 4.79 Å². The Kier molecular flexibility index (Phi) is 7.47. The molecule has 3 nitrogen and oxygen atoms in total. The molecule has 2 rings (SSSR count). The fourth-order valence-electron chi connectivity index (χ4n) is 2.07. The van der Waals surface area contributed by atoms with Gasteiger partial charge in [-0.1, -0.05) is 23.7 Å². The predicted molar refractivity (Wildman–Crippen MR) is 102 cm³/mol. The van der Waals surface area contributed by atoms with Crippen molar-refractivity contribution < 1.29 is 9.53 Å². The van der Waals surface area contributed by atoms with Crippen LogP contribution in [0.15, 0.2) is 48.5 Å². The van der Waals surface area contributed by atoms with E-state index < -0.39 is 0 Å². The summed E-state index contributed by atoms with van der Waals surface area (Å²) < 4.78 is 5.57. The fourth-order valence-corrected chi connectivity index (χ4v) is 3.01. The zero-order chi connectivity index (χ0) is 17.4. The molecule has 0 saturated carbocycles. The zero-order valence-electron chi connectivity index (χ0n) is 13.9. The van der Waals surface area contributed by atoms with Gasteiger partial charge in [-0.25, -0.2) is 0 Å². The lowest BCUT2D eigenvalue weighted by molar-refractivity contribution is 0.0956. The fraction of sp³-hybridized carbons (Fsp3) is 0.316. The molecule has 2 aromatic rings. The minimum absolute atomic E-state index is 0.0572. The summed E-state index contributed by atoms with van der Waals surface area (Å²) in [5, 5.41) is 3.68. The van der Waals surface area contributed by atoms with Crippen LogP contribution >= 0.6 is 23.4 Å². The van der Waals surface area contributed by atoms with Crippen molar-refractivity contribution in [2.75, 3.05) is 12.3 Å². The molecule has 0 saturated heterocycles. The van der Waals surface area contributed by atoms with Gasteiger partial charge >= 0.3 is 0 Å². The number of halogens is 1. The van der Waals surface area contributed by atoms with Crippen molar-refractivity contribution in [1.29, 1.82) is 0 Å². The number of nitrogens with one attached hydrogen (secondary N) is 1. The third-order valence-corrected chi connectivity index (χ3v) is 4.48. The van der Waals surface area contributed by atoms with E-state index in [-0.39, 0.29) is 12.0 Å². The minimum Gasteiger partial charge on any atom is -0.491 e. The molecule has 0 bridgehead atoms. The van der Waals surface area contributed by atoms with E-state index in [4.69, 9.17) is 16.3 Å². The van der Waals surface area contributed by atoms with Crippen LogP contribution < -0.4 is 10.1 Å². The van der Waals surface area contributed by atoms with Crippen molar-refractivity contribution >= 4 is 29.3 Å². The quantitative estimate of drug-likeness (QED) is 0.685. The average molecular weight is 364 g/mol. The second-order valence-electron chi connectivity index (χ2n) is 5.63. The van der Waals surface area contributed by atoms with E-state index in [1.165, 1.54) is 5.56 Å². The normalized spacial score (nSPS) is 10.7. The Morgan fingerprint density at radius 2 is 1.79 bits per heavy atom. The number of carbonyl (C=O) groups excluding carboxylic acids is 1. The Hall–Kier alpha value is -1.65. The molecule has 0 aliphatic carbocycles. The molecule has 0 fully saturated rings. The lowest BCUT2D eigenvalue weighted by atomic mass is 10.2. The third-order valence-electron chi connectivity index (χ3n) is 3.20. The van der Waals surface area contributed by atoms with Crippen molar-refractivity contribution in [3.8, 4) is 5.75 Å². The molecule has 0 radical (unpaired) electrons. The van der Waals surface area contributed by atoms with E-state index in [0.29, 0.717) is 12.1 Å². The predicted octanol–water partition coefficient (Wildman–Crippen LogP) is 4.79. The highest BCUT2D eigenvalue weighted by Gasteiger charge is 2.05. The second kappa shape index (κ2) is 9.60. The molecule has 1 N–H and O–H groups in total. The molecule has 1 amide bonds. The van der Waals surface area contributed by atoms with Gasteiger partial charge in [0.15, 0.2) is 0 Å². The molecular formula is C19H22ClNO2S. The molecule has 0 atom stereocenters. The van der Waals surface area contributed by atoms with Crippen LogP contribution in [0.3, 0.4) is 0 Å². The SMILES string of the molecule is CC(C)Oc1ccc(C(=O)NCCSCc2ccc(Cl)cc2)cc1. The first-order chi connectivity index (χ1) is 11.5. The van der Waals surface area contributed by atoms with Gasteiger partial charge < -0.3 is 10.1 Å². The van der Waals surface area contributed by atoms with Gasteiger partial charge in [0.2, 0.25) is 0 Å². The maximum Gasteiger partial charge on any atom is 0.251 e. The highest BCUT2D eigenvalue weighted by Crippen LogP contribution is 2.16. The van der Waals surface area contributed by atoms with Crippen LogP contribution in [0, 0.1) is 0 Å². The van der Waals surface area contributed by atoms with Crippen LogP contribution in [0.2, 0.25) is 5.02 Å². The standard InChI is InChI=1S/C19H22ClNO2S/c1-14(2)23-18-9-5-16(6-10-18)19(22)21-11-12-24-13-15-3-7-17(20)8-4-15/h3-10,14H,11-13H2,1-2H3,(H,21,22). The highest BCUT2D eigenvalue weighted by molar-refractivity contribution is 7.98. The summed E-state index contributed by atoms with van der Waals surface area (Å²) in [7, 11) is 0. The summed E-state index contributed by atoms with van der Waals surface area (Å²) in [4.78, 5) is 12.1. The molecule has 128 valence electrons. The monoisotopic (exact) mass is 363 g/mol. The molecule has 0 unspecified atom stereocenters. The van der Waals surface area contributed by atoms with Gasteiger partial charge in [-0.15, -0.1) is 0 Å². The maximum absolute atomic E-state index is 12.1. The molecule has 0 spiro atoms. The Bertz CT molecular complexity index is 641. The van der Waals surface area contributed by atoms with Gasteiger partial charge in [-0.05, 0) is 55.8 Å². The van der Waals surface area contributed by atoms with Gasteiger partial charge in [0.25, 0.3) is 5.91 Å². The van der Waals surface area contributed by atoms with Gasteiger partial charge in [0.05, 0.1) is 6.10 Å². The Morgan fingerprint density at radius 1 is 1.12 bits per heavy atom.